The summed E-state index contributed by atoms with van der Waals surface area (Å²) in [4.78, 5) is 55.3. The normalized spacial score (nSPS) is 44.3. The van der Waals surface area contributed by atoms with Crippen molar-refractivity contribution < 1.29 is 76.0 Å². The first-order valence-electron chi connectivity index (χ1n) is 22.4. The molecule has 0 aromatic rings. The van der Waals surface area contributed by atoms with Gasteiger partial charge in [-0.3, -0.25) is 9.59 Å². The second kappa shape index (κ2) is 20.7. The van der Waals surface area contributed by atoms with Crippen LogP contribution in [0.5, 0.6) is 0 Å². The average molecular weight is 975 g/mol. The van der Waals surface area contributed by atoms with Gasteiger partial charge in [0.05, 0.1) is 48.1 Å². The van der Waals surface area contributed by atoms with Crippen LogP contribution in [0.25, 0.3) is 0 Å². The Labute approximate surface area is 392 Å². The van der Waals surface area contributed by atoms with Crippen LogP contribution in [-0.2, 0) is 66.4 Å². The molecule has 2 bridgehead atoms. The Kier molecular flexibility index (Phi) is 17.2. The van der Waals surface area contributed by atoms with Gasteiger partial charge in [-0.15, -0.1) is 0 Å². The lowest BCUT2D eigenvalue weighted by atomic mass is 9.76. The molecule has 64 heavy (non-hydrogen) atoms. The zero-order valence-corrected chi connectivity index (χ0v) is 41.9. The van der Waals surface area contributed by atoms with Crippen molar-refractivity contribution in [2.75, 3.05) is 27.8 Å². The lowest BCUT2D eigenvalue weighted by Gasteiger charge is -2.49. The number of halogens is 3. The third-order valence-corrected chi connectivity index (χ3v) is 14.2. The van der Waals surface area contributed by atoms with E-state index in [0.29, 0.717) is 25.7 Å². The van der Waals surface area contributed by atoms with E-state index >= 15 is 0 Å². The zero-order valence-electron chi connectivity index (χ0n) is 39.6. The zero-order chi connectivity index (χ0) is 47.9. The van der Waals surface area contributed by atoms with E-state index in [1.165, 1.54) is 14.0 Å². The molecule has 5 aliphatic rings. The Hall–Kier alpha value is -1.93. The van der Waals surface area contributed by atoms with E-state index in [-0.39, 0.29) is 24.5 Å². The van der Waals surface area contributed by atoms with Crippen LogP contribution in [0.2, 0.25) is 0 Å². The van der Waals surface area contributed by atoms with Gasteiger partial charge in [0.2, 0.25) is 3.79 Å². The van der Waals surface area contributed by atoms with Gasteiger partial charge in [0.15, 0.2) is 36.5 Å². The minimum absolute atomic E-state index is 0.0188. The van der Waals surface area contributed by atoms with E-state index in [4.69, 9.17) is 91.6 Å². The van der Waals surface area contributed by atoms with Crippen molar-refractivity contribution in [1.82, 2.24) is 4.90 Å². The minimum Gasteiger partial charge on any atom is -0.458 e. The Morgan fingerprint density at radius 1 is 0.891 bits per heavy atom. The van der Waals surface area contributed by atoms with Crippen molar-refractivity contribution in [1.29, 1.82) is 0 Å². The molecule has 9 unspecified atom stereocenters. The van der Waals surface area contributed by atoms with Crippen molar-refractivity contribution in [3.8, 4) is 0 Å². The summed E-state index contributed by atoms with van der Waals surface area (Å²) in [5.74, 6) is -3.36. The molecule has 0 N–H and O–H groups in total. The smallest absolute Gasteiger partial charge is 0.458 e. The topological polar surface area (TPSA) is 182 Å². The Balaban J connectivity index is 1.60. The first-order valence-corrected chi connectivity index (χ1v) is 23.5. The van der Waals surface area contributed by atoms with Gasteiger partial charge in [-0.25, -0.2) is 9.59 Å². The predicted molar refractivity (Wildman–Crippen MR) is 232 cm³/mol. The number of rotatable bonds is 11. The van der Waals surface area contributed by atoms with Crippen molar-refractivity contribution >= 4 is 59.1 Å². The van der Waals surface area contributed by atoms with E-state index in [2.05, 4.69) is 6.92 Å². The van der Waals surface area contributed by atoms with Crippen molar-refractivity contribution in [3.05, 3.63) is 0 Å². The van der Waals surface area contributed by atoms with Crippen LogP contribution in [-0.4, -0.2) is 151 Å². The van der Waals surface area contributed by atoms with Gasteiger partial charge in [0.1, 0.15) is 18.3 Å². The maximum absolute atomic E-state index is 14.8. The molecule has 5 fully saturated rings. The molecule has 0 aromatic carbocycles. The molecule has 0 aliphatic carbocycles. The molecule has 0 spiro atoms. The van der Waals surface area contributed by atoms with Gasteiger partial charge in [0, 0.05) is 32.3 Å². The summed E-state index contributed by atoms with van der Waals surface area (Å²) in [7, 11) is 5.28. The Morgan fingerprint density at radius 3 is 2.16 bits per heavy atom. The van der Waals surface area contributed by atoms with Crippen molar-refractivity contribution in [2.45, 2.75) is 202 Å². The number of fused-ring (bicyclic) bond motifs is 3. The monoisotopic (exact) mass is 973 g/mol. The SMILES string of the molecule is CCC[C@H]1OC(=O)[C@H](C)[C@@H](OC2CC(C)(OC)C(OC(=O)OCC(Cl)(Cl)Cl)C(C)O2)[C@H](C)[C@@H](OC2OC(C)CC(N(C)C)C2OC(C)=O)C2(C)C[C@@H](C)[C@@H](O2)[C@H](C)[C@H]2OC(=O)O[C@@]21C. The maximum Gasteiger partial charge on any atom is 0.509 e. The highest BCUT2D eigenvalue weighted by Gasteiger charge is 2.63. The van der Waals surface area contributed by atoms with Crippen LogP contribution >= 0.6 is 34.8 Å². The van der Waals surface area contributed by atoms with Gasteiger partial charge < -0.3 is 61.7 Å². The number of carbonyl (C=O) groups excluding carboxylic acids is 4. The quantitative estimate of drug-likeness (QED) is 0.114. The van der Waals surface area contributed by atoms with Crippen molar-refractivity contribution in [2.24, 2.45) is 23.7 Å². The van der Waals surface area contributed by atoms with E-state index < -0.39 is 131 Å². The van der Waals surface area contributed by atoms with Crippen LogP contribution in [0.3, 0.4) is 0 Å². The number of esters is 2. The van der Waals surface area contributed by atoms with Gasteiger partial charge >= 0.3 is 24.2 Å². The molecule has 19 atom stereocenters. The average Bonchev–Trinajstić information content (AvgIpc) is 3.69. The Bertz CT molecular complexity index is 1660. The number of likely N-dealkylation sites (N-methyl/N-ethyl adjacent to an activating group) is 1. The van der Waals surface area contributed by atoms with Gasteiger partial charge in [-0.1, -0.05) is 68.9 Å². The number of hydrogen-bond acceptors (Lipinski definition) is 17. The van der Waals surface area contributed by atoms with E-state index in [1.807, 2.05) is 53.6 Å². The fourth-order valence-electron chi connectivity index (χ4n) is 10.7. The molecule has 0 amide bonds. The molecule has 0 aromatic heterocycles. The lowest BCUT2D eigenvalue weighted by Crippen LogP contribution is -2.61. The second-order valence-electron chi connectivity index (χ2n) is 19.4. The second-order valence-corrected chi connectivity index (χ2v) is 21.9. The molecular weight excluding hydrogens is 905 g/mol. The molecular formula is C44H70Cl3NO16. The summed E-state index contributed by atoms with van der Waals surface area (Å²) in [5, 5.41) is 0. The van der Waals surface area contributed by atoms with Gasteiger partial charge in [-0.2, -0.15) is 0 Å². The minimum atomic E-state index is -1.86. The summed E-state index contributed by atoms with van der Waals surface area (Å²) in [6.07, 6.45) is -9.16. The van der Waals surface area contributed by atoms with Gasteiger partial charge in [0.25, 0.3) is 0 Å². The van der Waals surface area contributed by atoms with Gasteiger partial charge in [-0.05, 0) is 80.8 Å². The molecule has 20 heteroatoms. The summed E-state index contributed by atoms with van der Waals surface area (Å²) in [5.41, 5.74) is -3.66. The van der Waals surface area contributed by atoms with E-state index in [9.17, 15) is 19.2 Å². The molecule has 368 valence electrons. The number of cyclic esters (lactones) is 1. The van der Waals surface area contributed by atoms with E-state index in [1.54, 1.807) is 27.7 Å². The molecule has 5 aliphatic heterocycles. The number of carbonyl (C=O) groups is 4. The van der Waals surface area contributed by atoms with Crippen molar-refractivity contribution in [3.63, 3.8) is 0 Å². The van der Waals surface area contributed by atoms with Crippen LogP contribution in [0.1, 0.15) is 108 Å². The van der Waals surface area contributed by atoms with Crippen LogP contribution in [0.15, 0.2) is 0 Å². The first-order chi connectivity index (χ1) is 29.7. The fraction of sp³-hybridized carbons (Fsp3) is 0.909. The Morgan fingerprint density at radius 2 is 1.56 bits per heavy atom. The number of hydrogen-bond donors (Lipinski definition) is 0. The number of ether oxygens (including phenoxy) is 12. The standard InChI is InChI=1S/C44H70Cl3NO16/c1-15-16-29-43(11)35(61-40(52)64-43)23(4)31-21(2)18-42(10,63-31)34(60-38-33(57-27(8)49)28(48(12)13)17-22(3)55-38)24(5)32(25(6)37(50)58-29)59-30-19-41(9,53-14)36(26(7)56-30)62-39(51)54-20-44(45,46)47/h21-26,28-36,38H,15-20H2,1-14H3/t21-,22?,23+,24+,25-,26?,28?,29-,30?,31-,32+,33?,34-,35-,36?,38?,41?,42?,43-/m1/s1. The summed E-state index contributed by atoms with van der Waals surface area (Å²) >= 11 is 17.4. The number of methoxy groups -OCH3 is 1. The largest absolute Gasteiger partial charge is 0.509 e. The summed E-state index contributed by atoms with van der Waals surface area (Å²) in [6.45, 7) is 19.4. The highest BCUT2D eigenvalue weighted by atomic mass is 35.6. The van der Waals surface area contributed by atoms with Crippen LogP contribution < -0.4 is 0 Å². The molecule has 5 heterocycles. The lowest BCUT2D eigenvalue weighted by molar-refractivity contribution is -0.320. The molecule has 17 nitrogen and oxygen atoms in total. The number of alkyl halides is 3. The third-order valence-electron chi connectivity index (χ3n) is 13.8. The van der Waals surface area contributed by atoms with E-state index in [0.717, 1.165) is 0 Å². The molecule has 0 saturated carbocycles. The first kappa shape index (κ1) is 53.0. The maximum atomic E-state index is 14.8. The summed E-state index contributed by atoms with van der Waals surface area (Å²) < 4.78 is 73.4. The third kappa shape index (κ3) is 11.7. The predicted octanol–water partition coefficient (Wildman–Crippen LogP) is 7.30. The molecule has 0 radical (unpaired) electrons. The van der Waals surface area contributed by atoms with Crippen LogP contribution in [0, 0.1) is 23.7 Å². The fourth-order valence-corrected chi connectivity index (χ4v) is 10.9. The highest BCUT2D eigenvalue weighted by Crippen LogP contribution is 2.50. The molecule has 5 rings (SSSR count). The summed E-state index contributed by atoms with van der Waals surface area (Å²) in [6, 6.07) is -0.267. The molecule has 5 saturated heterocycles. The highest BCUT2D eigenvalue weighted by molar-refractivity contribution is 6.67. The van der Waals surface area contributed by atoms with Crippen LogP contribution in [0.4, 0.5) is 9.59 Å². The number of nitrogens with zero attached hydrogens (tertiary/aromatic N) is 1.